The number of thioether (sulfide) groups is 2. The van der Waals surface area contributed by atoms with Crippen molar-refractivity contribution in [2.45, 2.75) is 41.4 Å². The van der Waals surface area contributed by atoms with Crippen LogP contribution in [0.25, 0.3) is 17.2 Å². The predicted molar refractivity (Wildman–Crippen MR) is 133 cm³/mol. The van der Waals surface area contributed by atoms with Crippen molar-refractivity contribution in [3.05, 3.63) is 74.5 Å². The molecule has 0 atom stereocenters. The Labute approximate surface area is 217 Å². The average Bonchev–Trinajstić information content (AvgIpc) is 3.49. The zero-order valence-electron chi connectivity index (χ0n) is 20.0. The van der Waals surface area contributed by atoms with Crippen molar-refractivity contribution in [3.8, 4) is 0 Å². The lowest BCUT2D eigenvalue weighted by atomic mass is 9.95. The summed E-state index contributed by atoms with van der Waals surface area (Å²) in [5, 5.41) is 0. The van der Waals surface area contributed by atoms with Gasteiger partial charge in [-0.15, -0.1) is 0 Å². The third kappa shape index (κ3) is 3.49. The fourth-order valence-electron chi connectivity index (χ4n) is 4.67. The van der Waals surface area contributed by atoms with Crippen LogP contribution in [0.3, 0.4) is 0 Å². The summed E-state index contributed by atoms with van der Waals surface area (Å²) in [4.78, 5) is 13.4. The van der Waals surface area contributed by atoms with Crippen molar-refractivity contribution in [2.75, 3.05) is 0 Å². The van der Waals surface area contributed by atoms with Gasteiger partial charge in [-0.2, -0.15) is 26.3 Å². The van der Waals surface area contributed by atoms with Gasteiger partial charge in [0.15, 0.2) is 6.29 Å². The summed E-state index contributed by atoms with van der Waals surface area (Å²) in [6, 6.07) is 9.84. The number of carbonyl (C=O) groups is 1. The SMILES string of the molecule is Cc1c(C2=C(c3cc(C=C4Sc5ccccc5S4)n(C)c3C)C(F)(F)C(F)(F)C2(F)F)cc(C=O)n1C. The van der Waals surface area contributed by atoms with Gasteiger partial charge in [-0.1, -0.05) is 35.7 Å². The molecule has 11 heteroatoms. The second-order valence-corrected chi connectivity index (χ2v) is 11.4. The summed E-state index contributed by atoms with van der Waals surface area (Å²) >= 11 is 2.93. The Morgan fingerprint density at radius 2 is 1.19 bits per heavy atom. The molecule has 1 aliphatic heterocycles. The number of hydrogen-bond acceptors (Lipinski definition) is 3. The van der Waals surface area contributed by atoms with Gasteiger partial charge in [-0.25, -0.2) is 0 Å². The van der Waals surface area contributed by atoms with Gasteiger partial charge in [-0.05, 0) is 44.2 Å². The van der Waals surface area contributed by atoms with Crippen LogP contribution in [0.1, 0.15) is 38.7 Å². The highest BCUT2D eigenvalue weighted by Crippen LogP contribution is 2.65. The average molecular weight is 555 g/mol. The van der Waals surface area contributed by atoms with Crippen molar-refractivity contribution < 1.29 is 31.1 Å². The van der Waals surface area contributed by atoms with E-state index in [1.54, 1.807) is 13.1 Å². The largest absolute Gasteiger partial charge is 0.380 e. The predicted octanol–water partition coefficient (Wildman–Crippen LogP) is 7.82. The number of alkyl halides is 6. The van der Waals surface area contributed by atoms with E-state index in [1.807, 2.05) is 24.3 Å². The molecule has 3 heterocycles. The number of benzene rings is 1. The molecule has 1 aromatic carbocycles. The van der Waals surface area contributed by atoms with E-state index >= 15 is 17.6 Å². The Kier molecular flexibility index (Phi) is 5.84. The van der Waals surface area contributed by atoms with E-state index in [-0.39, 0.29) is 17.1 Å². The molecule has 0 unspecified atom stereocenters. The van der Waals surface area contributed by atoms with Crippen LogP contribution in [0.5, 0.6) is 0 Å². The minimum atomic E-state index is -5.67. The summed E-state index contributed by atoms with van der Waals surface area (Å²) in [5.74, 6) is -16.0. The Bertz CT molecular complexity index is 1500. The molecule has 0 bridgehead atoms. The van der Waals surface area contributed by atoms with Crippen LogP contribution < -0.4 is 0 Å². The molecular weight excluding hydrogens is 534 g/mol. The first-order valence-corrected chi connectivity index (χ1v) is 12.7. The number of nitrogens with zero attached hydrogens (tertiary/aromatic N) is 2. The molecule has 0 N–H and O–H groups in total. The van der Waals surface area contributed by atoms with E-state index in [0.717, 1.165) is 20.1 Å². The van der Waals surface area contributed by atoms with Crippen molar-refractivity contribution >= 4 is 47.0 Å². The fraction of sp³-hybridized carbons (Fsp3) is 0.269. The Morgan fingerprint density at radius 1 is 0.757 bits per heavy atom. The van der Waals surface area contributed by atoms with E-state index in [0.29, 0.717) is 12.0 Å². The molecule has 5 rings (SSSR count). The number of rotatable bonds is 4. The van der Waals surface area contributed by atoms with Crippen molar-refractivity contribution in [2.24, 2.45) is 14.1 Å². The van der Waals surface area contributed by atoms with Crippen LogP contribution in [-0.2, 0) is 14.1 Å². The van der Waals surface area contributed by atoms with Crippen LogP contribution in [0.2, 0.25) is 0 Å². The number of halogens is 6. The summed E-state index contributed by atoms with van der Waals surface area (Å²) in [6.45, 7) is 2.74. The fourth-order valence-corrected chi connectivity index (χ4v) is 7.05. The zero-order valence-corrected chi connectivity index (χ0v) is 21.6. The normalized spacial score (nSPS) is 19.5. The maximum atomic E-state index is 15.3. The lowest BCUT2D eigenvalue weighted by molar-refractivity contribution is -0.254. The van der Waals surface area contributed by atoms with Crippen molar-refractivity contribution in [1.29, 1.82) is 0 Å². The van der Waals surface area contributed by atoms with Gasteiger partial charge < -0.3 is 9.13 Å². The molecule has 194 valence electrons. The maximum Gasteiger partial charge on any atom is 0.380 e. The van der Waals surface area contributed by atoms with E-state index < -0.39 is 40.0 Å². The molecule has 37 heavy (non-hydrogen) atoms. The highest BCUT2D eigenvalue weighted by Gasteiger charge is 2.80. The van der Waals surface area contributed by atoms with Gasteiger partial charge in [0.05, 0.1) is 9.93 Å². The molecule has 3 aromatic rings. The van der Waals surface area contributed by atoms with Gasteiger partial charge in [-0.3, -0.25) is 4.79 Å². The van der Waals surface area contributed by atoms with Gasteiger partial charge in [0.2, 0.25) is 0 Å². The zero-order chi connectivity index (χ0) is 27.1. The first-order chi connectivity index (χ1) is 17.2. The molecule has 1 aliphatic carbocycles. The third-order valence-electron chi connectivity index (χ3n) is 7.01. The van der Waals surface area contributed by atoms with Crippen LogP contribution in [-0.4, -0.2) is 33.2 Å². The lowest BCUT2D eigenvalue weighted by Crippen LogP contribution is -2.49. The molecule has 0 spiro atoms. The Balaban J connectivity index is 1.74. The molecule has 0 saturated heterocycles. The summed E-state index contributed by atoms with van der Waals surface area (Å²) in [5.41, 5.74) is -3.38. The summed E-state index contributed by atoms with van der Waals surface area (Å²) < 4.78 is 94.2. The van der Waals surface area contributed by atoms with Gasteiger partial charge >= 0.3 is 17.8 Å². The molecular formula is C26H20F6N2OS2. The second-order valence-electron chi connectivity index (χ2n) is 8.96. The molecule has 2 aliphatic rings. The first kappa shape index (κ1) is 25.8. The molecule has 0 amide bonds. The molecule has 0 saturated carbocycles. The van der Waals surface area contributed by atoms with Gasteiger partial charge in [0.1, 0.15) is 0 Å². The minimum Gasteiger partial charge on any atom is -0.348 e. The molecule has 2 aromatic heterocycles. The third-order valence-corrected chi connectivity index (χ3v) is 9.43. The van der Waals surface area contributed by atoms with E-state index in [2.05, 4.69) is 0 Å². The van der Waals surface area contributed by atoms with Gasteiger partial charge in [0, 0.05) is 63.2 Å². The monoisotopic (exact) mass is 554 g/mol. The smallest absolute Gasteiger partial charge is 0.348 e. The van der Waals surface area contributed by atoms with E-state index in [4.69, 9.17) is 0 Å². The number of aldehydes is 1. The molecule has 0 fully saturated rings. The Morgan fingerprint density at radius 3 is 1.62 bits per heavy atom. The number of carbonyl (C=O) groups excluding carboxylic acids is 1. The van der Waals surface area contributed by atoms with Crippen LogP contribution >= 0.6 is 23.5 Å². The van der Waals surface area contributed by atoms with Crippen LogP contribution in [0, 0.1) is 13.8 Å². The minimum absolute atomic E-state index is 0.00443. The molecule has 0 radical (unpaired) electrons. The van der Waals surface area contributed by atoms with Crippen molar-refractivity contribution in [3.63, 3.8) is 0 Å². The Hall–Kier alpha value is -2.79. The topological polar surface area (TPSA) is 26.9 Å². The van der Waals surface area contributed by atoms with Crippen LogP contribution in [0.4, 0.5) is 26.3 Å². The quantitative estimate of drug-likeness (QED) is 0.243. The number of aromatic nitrogens is 2. The number of fused-ring (bicyclic) bond motifs is 1. The lowest BCUT2D eigenvalue weighted by Gasteiger charge is -2.25. The maximum absolute atomic E-state index is 15.3. The van der Waals surface area contributed by atoms with Gasteiger partial charge in [0.25, 0.3) is 0 Å². The highest BCUT2D eigenvalue weighted by atomic mass is 32.2. The van der Waals surface area contributed by atoms with E-state index in [1.165, 1.54) is 59.6 Å². The number of allylic oxidation sites excluding steroid dienone is 2. The standard InChI is InChI=1S/C26H20F6N2OS2/c1-13-17(9-15(33(13)3)11-21-36-19-7-5-6-8-20(19)37-21)22-23(18-10-16(12-35)34(4)14(18)2)25(29,30)26(31,32)24(22,27)28/h5-12H,1-4H3. The van der Waals surface area contributed by atoms with Crippen LogP contribution in [0.15, 0.2) is 50.4 Å². The highest BCUT2D eigenvalue weighted by molar-refractivity contribution is 8.24. The summed E-state index contributed by atoms with van der Waals surface area (Å²) in [7, 11) is 2.93. The molecule has 3 nitrogen and oxygen atoms in total. The first-order valence-electron chi connectivity index (χ1n) is 11.1. The summed E-state index contributed by atoms with van der Waals surface area (Å²) in [6.07, 6.45) is 2.07. The second kappa shape index (κ2) is 8.36. The number of hydrogen-bond donors (Lipinski definition) is 0. The van der Waals surface area contributed by atoms with Crippen molar-refractivity contribution in [1.82, 2.24) is 9.13 Å². The van der Waals surface area contributed by atoms with E-state index in [9.17, 15) is 13.6 Å².